The van der Waals surface area contributed by atoms with Crippen molar-refractivity contribution in [2.75, 3.05) is 5.32 Å². The van der Waals surface area contributed by atoms with Gasteiger partial charge in [-0.15, -0.1) is 11.3 Å². The van der Waals surface area contributed by atoms with Gasteiger partial charge in [-0.2, -0.15) is 0 Å². The van der Waals surface area contributed by atoms with Gasteiger partial charge in [-0.1, -0.05) is 12.1 Å². The maximum absolute atomic E-state index is 14.1. The molecule has 0 saturated heterocycles. The molecular formula is C32H33F2N5O6S. The van der Waals surface area contributed by atoms with Crippen molar-refractivity contribution in [3.63, 3.8) is 0 Å². The highest BCUT2D eigenvalue weighted by molar-refractivity contribution is 7.19. The Bertz CT molecular complexity index is 1830. The minimum Gasteiger partial charge on any atom is -0.487 e. The summed E-state index contributed by atoms with van der Waals surface area (Å²) in [5, 5.41) is 5.66. The maximum Gasteiger partial charge on any atom is 0.408 e. The van der Waals surface area contributed by atoms with Gasteiger partial charge < -0.3 is 30.4 Å². The zero-order valence-corrected chi connectivity index (χ0v) is 26.2. The molecule has 0 aliphatic heterocycles. The Morgan fingerprint density at radius 2 is 1.91 bits per heavy atom. The number of fused-ring (bicyclic) bond motifs is 1. The summed E-state index contributed by atoms with van der Waals surface area (Å²) in [6, 6.07) is 10.4. The Morgan fingerprint density at radius 1 is 1.13 bits per heavy atom. The minimum atomic E-state index is -1.09. The van der Waals surface area contributed by atoms with Gasteiger partial charge in [-0.25, -0.2) is 18.6 Å². The van der Waals surface area contributed by atoms with Crippen LogP contribution in [-0.2, 0) is 27.5 Å². The molecule has 1 unspecified atom stereocenters. The second-order valence-electron chi connectivity index (χ2n) is 11.2. The lowest BCUT2D eigenvalue weighted by molar-refractivity contribution is -0.118. The number of amides is 3. The molecule has 11 nitrogen and oxygen atoms in total. The van der Waals surface area contributed by atoms with Crippen molar-refractivity contribution < 1.29 is 32.6 Å². The van der Waals surface area contributed by atoms with Crippen LogP contribution in [0.4, 0.5) is 19.3 Å². The molecule has 0 saturated carbocycles. The fraction of sp³-hybridized carbons (Fsp3) is 0.281. The van der Waals surface area contributed by atoms with E-state index in [0.717, 1.165) is 18.2 Å². The molecule has 4 aromatic rings. The molecule has 3 amide bonds. The summed E-state index contributed by atoms with van der Waals surface area (Å²) in [4.78, 5) is 54.6. The highest BCUT2D eigenvalue weighted by Crippen LogP contribution is 2.32. The molecule has 14 heteroatoms. The molecule has 2 aromatic heterocycles. The summed E-state index contributed by atoms with van der Waals surface area (Å²) in [5.41, 5.74) is 4.57. The van der Waals surface area contributed by atoms with Gasteiger partial charge in [-0.3, -0.25) is 14.4 Å². The number of nitrogens with zero attached hydrogens (tertiary/aromatic N) is 2. The van der Waals surface area contributed by atoms with Crippen molar-refractivity contribution in [3.8, 4) is 5.75 Å². The zero-order chi connectivity index (χ0) is 33.4. The standard InChI is InChI=1S/C32H33F2N5O6S/c1-32(2,3)45-31(43)38-23(8-4-5-12-26(35)40)29(41)37-24-10-7-15-39(30(24)42)17-27-36-22-9-6-11-25(28(22)46-27)44-18-19-13-14-20(33)16-21(19)34/h5-7,9-16,23H,4,8,17-18H2,1-3H3,(H2,35,40)(H,37,41)(H,38,43). The number of carbonyl (C=O) groups excluding carboxylic acids is 3. The van der Waals surface area contributed by atoms with Gasteiger partial charge in [0.15, 0.2) is 0 Å². The number of hydrogen-bond donors (Lipinski definition) is 3. The Morgan fingerprint density at radius 3 is 2.63 bits per heavy atom. The molecule has 46 heavy (non-hydrogen) atoms. The molecule has 0 bridgehead atoms. The summed E-state index contributed by atoms with van der Waals surface area (Å²) in [6.07, 6.45) is 3.69. The van der Waals surface area contributed by atoms with E-state index in [1.807, 2.05) is 0 Å². The van der Waals surface area contributed by atoms with Crippen LogP contribution in [0.15, 0.2) is 71.7 Å². The number of pyridine rings is 1. The summed E-state index contributed by atoms with van der Waals surface area (Å²) in [5.74, 6) is -2.25. The Labute approximate surface area is 267 Å². The first-order valence-corrected chi connectivity index (χ1v) is 15.0. The number of nitrogens with one attached hydrogen (secondary N) is 2. The summed E-state index contributed by atoms with van der Waals surface area (Å²) < 4.78 is 40.5. The molecule has 242 valence electrons. The molecule has 4 N–H and O–H groups in total. The van der Waals surface area contributed by atoms with Gasteiger partial charge >= 0.3 is 6.09 Å². The van der Waals surface area contributed by atoms with Crippen LogP contribution in [0.25, 0.3) is 10.2 Å². The molecule has 4 rings (SSSR count). The van der Waals surface area contributed by atoms with Crippen LogP contribution in [0.3, 0.4) is 0 Å². The van der Waals surface area contributed by atoms with Crippen molar-refractivity contribution >= 4 is 45.1 Å². The maximum atomic E-state index is 14.1. The molecule has 2 aromatic carbocycles. The first-order chi connectivity index (χ1) is 21.8. The number of rotatable bonds is 12. The van der Waals surface area contributed by atoms with Crippen LogP contribution >= 0.6 is 11.3 Å². The van der Waals surface area contributed by atoms with Gasteiger partial charge in [0.1, 0.15) is 46.3 Å². The number of halogens is 2. The van der Waals surface area contributed by atoms with E-state index in [1.54, 1.807) is 51.2 Å². The fourth-order valence-electron chi connectivity index (χ4n) is 4.25. The second-order valence-corrected chi connectivity index (χ2v) is 12.2. The molecule has 0 radical (unpaired) electrons. The van der Waals surface area contributed by atoms with Crippen molar-refractivity contribution in [2.45, 2.75) is 58.4 Å². The Hall–Kier alpha value is -5.11. The molecule has 1 atom stereocenters. The monoisotopic (exact) mass is 653 g/mol. The fourth-order valence-corrected chi connectivity index (χ4v) is 5.28. The van der Waals surface area contributed by atoms with E-state index < -0.39 is 46.7 Å². The Kier molecular flexibility index (Phi) is 10.9. The van der Waals surface area contributed by atoms with E-state index in [0.29, 0.717) is 21.0 Å². The number of primary amides is 1. The van der Waals surface area contributed by atoms with Crippen LogP contribution in [-0.4, -0.2) is 39.1 Å². The molecule has 0 aliphatic rings. The lowest BCUT2D eigenvalue weighted by Crippen LogP contribution is -2.46. The second kappa shape index (κ2) is 14.8. The van der Waals surface area contributed by atoms with E-state index in [4.69, 9.17) is 15.2 Å². The van der Waals surface area contributed by atoms with Gasteiger partial charge in [0.05, 0.1) is 16.8 Å². The topological polar surface area (TPSA) is 155 Å². The van der Waals surface area contributed by atoms with E-state index >= 15 is 0 Å². The third-order valence-corrected chi connectivity index (χ3v) is 7.39. The van der Waals surface area contributed by atoms with Gasteiger partial charge in [0.2, 0.25) is 11.8 Å². The predicted molar refractivity (Wildman–Crippen MR) is 169 cm³/mol. The number of ether oxygens (including phenoxy) is 2. The van der Waals surface area contributed by atoms with E-state index in [-0.39, 0.29) is 37.2 Å². The highest BCUT2D eigenvalue weighted by atomic mass is 32.1. The molecular weight excluding hydrogens is 620 g/mol. The average molecular weight is 654 g/mol. The van der Waals surface area contributed by atoms with E-state index in [2.05, 4.69) is 15.6 Å². The third-order valence-electron chi connectivity index (χ3n) is 6.32. The normalized spacial score (nSPS) is 12.2. The molecule has 0 aliphatic carbocycles. The number of hydrogen-bond acceptors (Lipinski definition) is 8. The Balaban J connectivity index is 1.49. The van der Waals surface area contributed by atoms with Crippen molar-refractivity contribution in [1.29, 1.82) is 0 Å². The first kappa shape index (κ1) is 33.8. The predicted octanol–water partition coefficient (Wildman–Crippen LogP) is 5.02. The minimum absolute atomic E-state index is 0.0253. The number of aromatic nitrogens is 2. The number of allylic oxidation sites excluding steroid dienone is 1. The third kappa shape index (κ3) is 9.44. The van der Waals surface area contributed by atoms with Crippen LogP contribution in [0.1, 0.15) is 44.2 Å². The number of alkyl carbamates (subject to hydrolysis) is 1. The highest BCUT2D eigenvalue weighted by Gasteiger charge is 2.25. The van der Waals surface area contributed by atoms with E-state index in [9.17, 15) is 28.0 Å². The van der Waals surface area contributed by atoms with E-state index in [1.165, 1.54) is 34.1 Å². The van der Waals surface area contributed by atoms with Crippen LogP contribution < -0.4 is 26.7 Å². The number of carbonyl (C=O) groups is 3. The van der Waals surface area contributed by atoms with Crippen molar-refractivity contribution in [1.82, 2.24) is 14.9 Å². The van der Waals surface area contributed by atoms with Gasteiger partial charge in [-0.05, 0) is 76.1 Å². The zero-order valence-electron chi connectivity index (χ0n) is 25.3. The molecule has 0 spiro atoms. The molecule has 0 fully saturated rings. The van der Waals surface area contributed by atoms with Crippen molar-refractivity contribution in [3.05, 3.63) is 99.4 Å². The smallest absolute Gasteiger partial charge is 0.408 e. The summed E-state index contributed by atoms with van der Waals surface area (Å²) >= 11 is 1.28. The number of nitrogens with two attached hydrogens (primary N) is 1. The van der Waals surface area contributed by atoms with Crippen LogP contribution in [0.2, 0.25) is 0 Å². The van der Waals surface area contributed by atoms with Gasteiger partial charge in [0.25, 0.3) is 5.56 Å². The van der Waals surface area contributed by atoms with Crippen LogP contribution in [0, 0.1) is 11.6 Å². The largest absolute Gasteiger partial charge is 0.487 e. The lowest BCUT2D eigenvalue weighted by atomic mass is 10.1. The number of anilines is 1. The first-order valence-electron chi connectivity index (χ1n) is 14.2. The van der Waals surface area contributed by atoms with Crippen molar-refractivity contribution in [2.24, 2.45) is 5.73 Å². The lowest BCUT2D eigenvalue weighted by Gasteiger charge is -2.23. The average Bonchev–Trinajstić information content (AvgIpc) is 3.38. The summed E-state index contributed by atoms with van der Waals surface area (Å²) in [6.45, 7) is 4.99. The van der Waals surface area contributed by atoms with Crippen LogP contribution in [0.5, 0.6) is 5.75 Å². The number of benzene rings is 2. The quantitative estimate of drug-likeness (QED) is 0.182. The summed E-state index contributed by atoms with van der Waals surface area (Å²) in [7, 11) is 0. The SMILES string of the molecule is CC(C)(C)OC(=O)NC(CCC=CC(N)=O)C(=O)Nc1cccn(Cc2nc3cccc(OCc4ccc(F)cc4F)c3s2)c1=O. The van der Waals surface area contributed by atoms with Gasteiger partial charge in [0, 0.05) is 17.8 Å². The number of thiazole rings is 1. The molecule has 2 heterocycles.